The van der Waals surface area contributed by atoms with Gasteiger partial charge in [-0.15, -0.1) is 11.3 Å². The molecule has 6 heteroatoms. The molecule has 2 amide bonds. The molecule has 0 bridgehead atoms. The summed E-state index contributed by atoms with van der Waals surface area (Å²) in [6.07, 6.45) is 1.39. The third-order valence-electron chi connectivity index (χ3n) is 2.37. The van der Waals surface area contributed by atoms with E-state index in [1.165, 1.54) is 11.3 Å². The Morgan fingerprint density at radius 2 is 2.22 bits per heavy atom. The molecule has 0 spiro atoms. The molecule has 100 valence electrons. The summed E-state index contributed by atoms with van der Waals surface area (Å²) in [7, 11) is 0. The molecule has 1 rings (SSSR count). The van der Waals surface area contributed by atoms with Crippen molar-refractivity contribution in [2.45, 2.75) is 25.8 Å². The average Bonchev–Trinajstić information content (AvgIpc) is 2.88. The molecule has 0 saturated carbocycles. The van der Waals surface area contributed by atoms with Crippen LogP contribution in [0.1, 0.15) is 29.4 Å². The van der Waals surface area contributed by atoms with Gasteiger partial charge in [-0.3, -0.25) is 9.59 Å². The van der Waals surface area contributed by atoms with Crippen molar-refractivity contribution in [2.75, 3.05) is 13.2 Å². The van der Waals surface area contributed by atoms with Crippen LogP contribution in [0.3, 0.4) is 0 Å². The fraction of sp³-hybridized carbons (Fsp3) is 0.500. The summed E-state index contributed by atoms with van der Waals surface area (Å²) in [6.45, 7) is 2.28. The number of unbranched alkanes of at least 4 members (excludes halogenated alkanes) is 1. The van der Waals surface area contributed by atoms with Crippen LogP contribution in [0.25, 0.3) is 0 Å². The largest absolute Gasteiger partial charge is 0.396 e. The van der Waals surface area contributed by atoms with Crippen LogP contribution < -0.4 is 10.6 Å². The summed E-state index contributed by atoms with van der Waals surface area (Å²) in [5.41, 5.74) is 0. The summed E-state index contributed by atoms with van der Waals surface area (Å²) in [5, 5.41) is 15.8. The number of rotatable bonds is 7. The first-order chi connectivity index (χ1) is 8.65. The van der Waals surface area contributed by atoms with Gasteiger partial charge in [0.2, 0.25) is 5.91 Å². The number of aliphatic hydroxyl groups excluding tert-OH is 1. The van der Waals surface area contributed by atoms with Crippen LogP contribution in [-0.2, 0) is 4.79 Å². The minimum atomic E-state index is -0.561. The van der Waals surface area contributed by atoms with Gasteiger partial charge in [-0.25, -0.2) is 0 Å². The molecule has 1 atom stereocenters. The Morgan fingerprint density at radius 1 is 1.44 bits per heavy atom. The standard InChI is InChI=1S/C12H18N2O3S/c1-9(11(16)13-6-2-3-7-15)14-12(17)10-5-4-8-18-10/h4-5,8-9,15H,2-3,6-7H2,1H3,(H,13,16)(H,14,17). The van der Waals surface area contributed by atoms with E-state index in [4.69, 9.17) is 5.11 Å². The molecule has 1 unspecified atom stereocenters. The topological polar surface area (TPSA) is 78.4 Å². The molecule has 18 heavy (non-hydrogen) atoms. The van der Waals surface area contributed by atoms with Gasteiger partial charge in [0.1, 0.15) is 6.04 Å². The van der Waals surface area contributed by atoms with Gasteiger partial charge in [0.05, 0.1) is 4.88 Å². The quantitative estimate of drug-likeness (QED) is 0.640. The number of hydrogen-bond donors (Lipinski definition) is 3. The predicted octanol–water partition coefficient (Wildman–Crippen LogP) is 0.755. The highest BCUT2D eigenvalue weighted by Gasteiger charge is 2.16. The maximum Gasteiger partial charge on any atom is 0.261 e. The van der Waals surface area contributed by atoms with E-state index >= 15 is 0 Å². The molecule has 1 aromatic heterocycles. The normalized spacial score (nSPS) is 11.9. The Labute approximate surface area is 110 Å². The molecule has 0 aliphatic carbocycles. The molecule has 3 N–H and O–H groups in total. The zero-order valence-corrected chi connectivity index (χ0v) is 11.1. The first-order valence-electron chi connectivity index (χ1n) is 5.88. The first kappa shape index (κ1) is 14.7. The van der Waals surface area contributed by atoms with Crippen molar-refractivity contribution >= 4 is 23.2 Å². The zero-order valence-electron chi connectivity index (χ0n) is 10.3. The number of carbonyl (C=O) groups is 2. The highest BCUT2D eigenvalue weighted by molar-refractivity contribution is 7.12. The lowest BCUT2D eigenvalue weighted by Gasteiger charge is -2.13. The van der Waals surface area contributed by atoms with Crippen LogP contribution in [0.2, 0.25) is 0 Å². The predicted molar refractivity (Wildman–Crippen MR) is 70.6 cm³/mol. The van der Waals surface area contributed by atoms with Gasteiger partial charge in [0.25, 0.3) is 5.91 Å². The maximum atomic E-state index is 11.7. The lowest BCUT2D eigenvalue weighted by Crippen LogP contribution is -2.44. The molecular weight excluding hydrogens is 252 g/mol. The van der Waals surface area contributed by atoms with Gasteiger partial charge in [0, 0.05) is 13.2 Å². The zero-order chi connectivity index (χ0) is 13.4. The number of nitrogens with one attached hydrogen (secondary N) is 2. The van der Waals surface area contributed by atoms with Crippen molar-refractivity contribution in [3.8, 4) is 0 Å². The SMILES string of the molecule is CC(NC(=O)c1cccs1)C(=O)NCCCCO. The van der Waals surface area contributed by atoms with E-state index in [-0.39, 0.29) is 18.4 Å². The molecule has 1 aromatic rings. The fourth-order valence-electron chi connectivity index (χ4n) is 1.34. The monoisotopic (exact) mass is 270 g/mol. The van der Waals surface area contributed by atoms with Gasteiger partial charge in [0.15, 0.2) is 0 Å². The molecule has 1 heterocycles. The Kier molecular flexibility index (Phi) is 6.38. The third-order valence-corrected chi connectivity index (χ3v) is 3.24. The van der Waals surface area contributed by atoms with E-state index in [0.717, 1.165) is 6.42 Å². The van der Waals surface area contributed by atoms with Crippen LogP contribution in [0.4, 0.5) is 0 Å². The first-order valence-corrected chi connectivity index (χ1v) is 6.76. The minimum Gasteiger partial charge on any atom is -0.396 e. The van der Waals surface area contributed by atoms with Gasteiger partial charge in [-0.2, -0.15) is 0 Å². The summed E-state index contributed by atoms with van der Waals surface area (Å²) in [4.78, 5) is 23.9. The van der Waals surface area contributed by atoms with Gasteiger partial charge in [-0.05, 0) is 31.2 Å². The highest BCUT2D eigenvalue weighted by Crippen LogP contribution is 2.07. The van der Waals surface area contributed by atoms with E-state index in [1.807, 2.05) is 5.38 Å². The highest BCUT2D eigenvalue weighted by atomic mass is 32.1. The number of hydrogen-bond acceptors (Lipinski definition) is 4. The third kappa shape index (κ3) is 4.85. The second kappa shape index (κ2) is 7.84. The van der Waals surface area contributed by atoms with Crippen molar-refractivity contribution < 1.29 is 14.7 Å². The second-order valence-corrected chi connectivity index (χ2v) is 4.84. The van der Waals surface area contributed by atoms with E-state index in [2.05, 4.69) is 10.6 Å². The number of thiophene rings is 1. The van der Waals surface area contributed by atoms with Crippen LogP contribution in [0, 0.1) is 0 Å². The number of carbonyl (C=O) groups excluding carboxylic acids is 2. The van der Waals surface area contributed by atoms with Crippen LogP contribution >= 0.6 is 11.3 Å². The van der Waals surface area contributed by atoms with E-state index in [9.17, 15) is 9.59 Å². The van der Waals surface area contributed by atoms with Gasteiger partial charge >= 0.3 is 0 Å². The van der Waals surface area contributed by atoms with Gasteiger partial charge < -0.3 is 15.7 Å². The van der Waals surface area contributed by atoms with E-state index in [1.54, 1.807) is 19.1 Å². The minimum absolute atomic E-state index is 0.126. The summed E-state index contributed by atoms with van der Waals surface area (Å²) < 4.78 is 0. The summed E-state index contributed by atoms with van der Waals surface area (Å²) >= 11 is 1.34. The average molecular weight is 270 g/mol. The second-order valence-electron chi connectivity index (χ2n) is 3.89. The van der Waals surface area contributed by atoms with Gasteiger partial charge in [-0.1, -0.05) is 6.07 Å². The molecule has 0 saturated heterocycles. The molecule has 0 fully saturated rings. The molecule has 0 aliphatic rings. The summed E-state index contributed by atoms with van der Waals surface area (Å²) in [6, 6.07) is 2.94. The lowest BCUT2D eigenvalue weighted by molar-refractivity contribution is -0.122. The van der Waals surface area contributed by atoms with Crippen molar-refractivity contribution in [3.63, 3.8) is 0 Å². The van der Waals surface area contributed by atoms with Crippen molar-refractivity contribution in [1.29, 1.82) is 0 Å². The lowest BCUT2D eigenvalue weighted by atomic mass is 10.2. The van der Waals surface area contributed by atoms with Crippen molar-refractivity contribution in [3.05, 3.63) is 22.4 Å². The Bertz CT molecular complexity index is 379. The maximum absolute atomic E-state index is 11.7. The molecular formula is C12H18N2O3S. The van der Waals surface area contributed by atoms with Crippen LogP contribution in [0.15, 0.2) is 17.5 Å². The van der Waals surface area contributed by atoms with Crippen LogP contribution in [-0.4, -0.2) is 36.1 Å². The molecule has 0 radical (unpaired) electrons. The van der Waals surface area contributed by atoms with Crippen molar-refractivity contribution in [2.24, 2.45) is 0 Å². The Morgan fingerprint density at radius 3 is 2.83 bits per heavy atom. The van der Waals surface area contributed by atoms with Crippen molar-refractivity contribution in [1.82, 2.24) is 10.6 Å². The van der Waals surface area contributed by atoms with E-state index in [0.29, 0.717) is 17.8 Å². The molecule has 5 nitrogen and oxygen atoms in total. The van der Waals surface area contributed by atoms with Crippen LogP contribution in [0.5, 0.6) is 0 Å². The molecule has 0 aliphatic heterocycles. The molecule has 0 aromatic carbocycles. The number of amides is 2. The Balaban J connectivity index is 2.29. The number of aliphatic hydroxyl groups is 1. The van der Waals surface area contributed by atoms with E-state index < -0.39 is 6.04 Å². The Hall–Kier alpha value is -1.40. The smallest absolute Gasteiger partial charge is 0.261 e. The summed E-state index contributed by atoms with van der Waals surface area (Å²) in [5.74, 6) is -0.444. The fourth-order valence-corrected chi connectivity index (χ4v) is 1.97.